The molecule has 4 rings (SSSR count). The number of hydrogen-bond donors (Lipinski definition) is 1. The number of benzene rings is 1. The van der Waals surface area contributed by atoms with E-state index in [4.69, 9.17) is 4.74 Å². The van der Waals surface area contributed by atoms with Crippen LogP contribution in [0.2, 0.25) is 0 Å². The summed E-state index contributed by atoms with van der Waals surface area (Å²) in [6.45, 7) is 3.79. The van der Waals surface area contributed by atoms with E-state index in [1.54, 1.807) is 34.5 Å². The van der Waals surface area contributed by atoms with Gasteiger partial charge in [-0.3, -0.25) is 14.3 Å². The summed E-state index contributed by atoms with van der Waals surface area (Å²) >= 11 is 1.22. The van der Waals surface area contributed by atoms with E-state index in [1.165, 1.54) is 23.1 Å². The van der Waals surface area contributed by atoms with Gasteiger partial charge in [0.2, 0.25) is 5.91 Å². The quantitative estimate of drug-likeness (QED) is 0.485. The first-order valence-corrected chi connectivity index (χ1v) is 10.4. The zero-order valence-corrected chi connectivity index (χ0v) is 18.0. The molecule has 1 N–H and O–H groups in total. The first-order chi connectivity index (χ1) is 14.9. The van der Waals surface area contributed by atoms with Gasteiger partial charge in [-0.15, -0.1) is 11.3 Å². The molecule has 0 spiro atoms. The van der Waals surface area contributed by atoms with E-state index in [1.807, 2.05) is 32.0 Å². The molecule has 0 atom stereocenters. The fraction of sp³-hybridized carbons (Fsp3) is 0.182. The van der Waals surface area contributed by atoms with Crippen LogP contribution in [0, 0.1) is 13.8 Å². The SMILES string of the molecule is COC(=O)c1ccsc1NC(=O)Cn1c2ncccc2c(=O)n1-c1ccc(C)c(C)c1. The lowest BCUT2D eigenvalue weighted by Crippen LogP contribution is -2.27. The summed E-state index contributed by atoms with van der Waals surface area (Å²) in [4.78, 5) is 42.2. The molecule has 0 aliphatic heterocycles. The summed E-state index contributed by atoms with van der Waals surface area (Å²) in [5.74, 6) is -0.926. The molecule has 158 valence electrons. The van der Waals surface area contributed by atoms with E-state index < -0.39 is 11.9 Å². The molecule has 9 heteroatoms. The molecule has 0 unspecified atom stereocenters. The summed E-state index contributed by atoms with van der Waals surface area (Å²) in [6, 6.07) is 10.6. The average Bonchev–Trinajstić information content (AvgIpc) is 3.33. The highest BCUT2D eigenvalue weighted by Crippen LogP contribution is 2.24. The third kappa shape index (κ3) is 3.75. The number of rotatable bonds is 5. The lowest BCUT2D eigenvalue weighted by molar-refractivity contribution is -0.116. The van der Waals surface area contributed by atoms with Gasteiger partial charge in [-0.05, 0) is 60.7 Å². The number of aryl methyl sites for hydroxylation is 2. The Balaban J connectivity index is 1.76. The van der Waals surface area contributed by atoms with Gasteiger partial charge < -0.3 is 10.1 Å². The van der Waals surface area contributed by atoms with Crippen molar-refractivity contribution in [3.05, 3.63) is 75.0 Å². The molecule has 8 nitrogen and oxygen atoms in total. The minimum atomic E-state index is -0.531. The lowest BCUT2D eigenvalue weighted by atomic mass is 10.1. The molecule has 0 saturated heterocycles. The van der Waals surface area contributed by atoms with Crippen LogP contribution < -0.4 is 10.9 Å². The Labute approximate surface area is 181 Å². The van der Waals surface area contributed by atoms with Crippen molar-refractivity contribution < 1.29 is 14.3 Å². The number of esters is 1. The van der Waals surface area contributed by atoms with Crippen LogP contribution >= 0.6 is 11.3 Å². The van der Waals surface area contributed by atoms with Crippen LogP contribution in [0.15, 0.2) is 52.8 Å². The number of aromatic nitrogens is 3. The van der Waals surface area contributed by atoms with Gasteiger partial charge in [-0.25, -0.2) is 14.5 Å². The van der Waals surface area contributed by atoms with Crippen molar-refractivity contribution in [1.29, 1.82) is 0 Å². The van der Waals surface area contributed by atoms with E-state index in [9.17, 15) is 14.4 Å². The number of fused-ring (bicyclic) bond motifs is 1. The van der Waals surface area contributed by atoms with Crippen molar-refractivity contribution in [3.63, 3.8) is 0 Å². The van der Waals surface area contributed by atoms with Gasteiger partial charge in [-0.2, -0.15) is 0 Å². The van der Waals surface area contributed by atoms with Crippen LogP contribution in [-0.2, 0) is 16.1 Å². The molecule has 0 bridgehead atoms. The Kier molecular flexibility index (Phi) is 5.43. The topological polar surface area (TPSA) is 95.2 Å². The summed E-state index contributed by atoms with van der Waals surface area (Å²) in [5, 5.41) is 5.24. The molecular formula is C22H20N4O4S. The van der Waals surface area contributed by atoms with Gasteiger partial charge in [-0.1, -0.05) is 6.07 Å². The first-order valence-electron chi connectivity index (χ1n) is 9.50. The van der Waals surface area contributed by atoms with Crippen LogP contribution in [0.3, 0.4) is 0 Å². The predicted molar refractivity (Wildman–Crippen MR) is 119 cm³/mol. The Bertz CT molecular complexity index is 1370. The van der Waals surface area contributed by atoms with E-state index in [0.29, 0.717) is 21.7 Å². The monoisotopic (exact) mass is 436 g/mol. The highest BCUT2D eigenvalue weighted by Gasteiger charge is 2.20. The number of methoxy groups -OCH3 is 1. The smallest absolute Gasteiger partial charge is 0.340 e. The maximum atomic E-state index is 13.1. The second-order valence-electron chi connectivity index (χ2n) is 7.02. The van der Waals surface area contributed by atoms with Gasteiger partial charge in [0.1, 0.15) is 11.5 Å². The Morgan fingerprint density at radius 3 is 2.71 bits per heavy atom. The van der Waals surface area contributed by atoms with Crippen LogP contribution in [0.1, 0.15) is 21.5 Å². The normalized spacial score (nSPS) is 10.9. The number of amides is 1. The molecule has 1 amide bonds. The molecule has 0 aliphatic carbocycles. The van der Waals surface area contributed by atoms with E-state index in [2.05, 4.69) is 10.3 Å². The van der Waals surface area contributed by atoms with E-state index >= 15 is 0 Å². The molecule has 0 fully saturated rings. The lowest BCUT2D eigenvalue weighted by Gasteiger charge is -2.13. The fourth-order valence-corrected chi connectivity index (χ4v) is 4.12. The summed E-state index contributed by atoms with van der Waals surface area (Å²) in [5.41, 5.74) is 3.20. The second kappa shape index (κ2) is 8.19. The van der Waals surface area contributed by atoms with Crippen LogP contribution in [-0.4, -0.2) is 33.3 Å². The van der Waals surface area contributed by atoms with Crippen LogP contribution in [0.4, 0.5) is 5.00 Å². The first kappa shape index (κ1) is 20.5. The van der Waals surface area contributed by atoms with Gasteiger partial charge in [0.05, 0.1) is 23.7 Å². The zero-order chi connectivity index (χ0) is 22.1. The van der Waals surface area contributed by atoms with Crippen LogP contribution in [0.25, 0.3) is 16.7 Å². The maximum Gasteiger partial charge on any atom is 0.340 e. The number of nitrogens with one attached hydrogen (secondary N) is 1. The molecule has 3 heterocycles. The minimum absolute atomic E-state index is 0.165. The molecule has 0 aliphatic rings. The number of hydrogen-bond acceptors (Lipinski definition) is 6. The number of thiophene rings is 1. The second-order valence-corrected chi connectivity index (χ2v) is 7.94. The van der Waals surface area contributed by atoms with Gasteiger partial charge in [0, 0.05) is 6.20 Å². The molecule has 1 aromatic carbocycles. The fourth-order valence-electron chi connectivity index (χ4n) is 3.33. The average molecular weight is 436 g/mol. The third-order valence-corrected chi connectivity index (χ3v) is 5.88. The molecule has 4 aromatic rings. The van der Waals surface area contributed by atoms with Crippen molar-refractivity contribution in [2.75, 3.05) is 12.4 Å². The summed E-state index contributed by atoms with van der Waals surface area (Å²) < 4.78 is 7.75. The van der Waals surface area contributed by atoms with Crippen molar-refractivity contribution >= 4 is 39.2 Å². The highest BCUT2D eigenvalue weighted by atomic mass is 32.1. The van der Waals surface area contributed by atoms with E-state index in [0.717, 1.165) is 11.1 Å². The number of ether oxygens (including phenoxy) is 1. The van der Waals surface area contributed by atoms with Crippen molar-refractivity contribution in [2.24, 2.45) is 0 Å². The molecule has 31 heavy (non-hydrogen) atoms. The summed E-state index contributed by atoms with van der Waals surface area (Å²) in [6.07, 6.45) is 1.58. The zero-order valence-electron chi connectivity index (χ0n) is 17.2. The van der Waals surface area contributed by atoms with Crippen molar-refractivity contribution in [3.8, 4) is 5.69 Å². The molecule has 0 radical (unpaired) electrons. The number of carbonyl (C=O) groups excluding carboxylic acids is 2. The number of pyridine rings is 1. The summed E-state index contributed by atoms with van der Waals surface area (Å²) in [7, 11) is 1.28. The highest BCUT2D eigenvalue weighted by molar-refractivity contribution is 7.14. The largest absolute Gasteiger partial charge is 0.465 e. The van der Waals surface area contributed by atoms with Gasteiger partial charge in [0.15, 0.2) is 5.65 Å². The Morgan fingerprint density at radius 1 is 1.16 bits per heavy atom. The van der Waals surface area contributed by atoms with Crippen LogP contribution in [0.5, 0.6) is 0 Å². The van der Waals surface area contributed by atoms with Crippen molar-refractivity contribution in [2.45, 2.75) is 20.4 Å². The number of anilines is 1. The van der Waals surface area contributed by atoms with Gasteiger partial charge in [0.25, 0.3) is 5.56 Å². The maximum absolute atomic E-state index is 13.1. The molecular weight excluding hydrogens is 416 g/mol. The molecule has 0 saturated carbocycles. The number of nitrogens with zero attached hydrogens (tertiary/aromatic N) is 3. The Morgan fingerprint density at radius 2 is 1.97 bits per heavy atom. The van der Waals surface area contributed by atoms with Gasteiger partial charge >= 0.3 is 5.97 Å². The molecule has 3 aromatic heterocycles. The van der Waals surface area contributed by atoms with Crippen molar-refractivity contribution in [1.82, 2.24) is 14.3 Å². The Hall–Kier alpha value is -3.72. The predicted octanol–water partition coefficient (Wildman–Crippen LogP) is 3.29. The number of carbonyl (C=O) groups is 2. The standard InChI is InChI=1S/C22H20N4O4S/c1-13-6-7-15(11-14(13)2)26-21(28)16-5-4-9-23-19(16)25(26)12-18(27)24-20-17(8-10-31-20)22(29)30-3/h4-11H,12H2,1-3H3,(H,24,27). The van der Waals surface area contributed by atoms with E-state index in [-0.39, 0.29) is 17.7 Å². The third-order valence-electron chi connectivity index (χ3n) is 5.05. The minimum Gasteiger partial charge on any atom is -0.465 e.